The lowest BCUT2D eigenvalue weighted by molar-refractivity contribution is -0.384. The van der Waals surface area contributed by atoms with Crippen molar-refractivity contribution in [1.82, 2.24) is 9.78 Å². The molecule has 0 unspecified atom stereocenters. The van der Waals surface area contributed by atoms with Crippen LogP contribution in [0, 0.1) is 17.0 Å². The second kappa shape index (κ2) is 6.93. The molecule has 9 heteroatoms. The highest BCUT2D eigenvalue weighted by molar-refractivity contribution is 9.10. The fraction of sp³-hybridized carbons (Fsp3) is 0.0526. The molecule has 0 aliphatic carbocycles. The number of aryl methyl sites for hydroxylation is 1. The van der Waals surface area contributed by atoms with E-state index in [1.807, 2.05) is 18.2 Å². The number of anilines is 1. The van der Waals surface area contributed by atoms with Crippen LogP contribution >= 0.6 is 15.9 Å². The van der Waals surface area contributed by atoms with Crippen molar-refractivity contribution < 1.29 is 14.1 Å². The molecule has 0 atom stereocenters. The predicted molar refractivity (Wildman–Crippen MR) is 107 cm³/mol. The minimum atomic E-state index is -0.472. The molecule has 2 aromatic heterocycles. The van der Waals surface area contributed by atoms with Gasteiger partial charge in [-0.25, -0.2) is 4.68 Å². The number of hydrogen-bond acceptors (Lipinski definition) is 5. The van der Waals surface area contributed by atoms with Crippen molar-refractivity contribution in [2.24, 2.45) is 0 Å². The largest absolute Gasteiger partial charge is 0.450 e. The average Bonchev–Trinajstić information content (AvgIpc) is 3.26. The first-order valence-electron chi connectivity index (χ1n) is 8.23. The number of nitro groups is 1. The maximum Gasteiger partial charge on any atom is 0.292 e. The molecule has 28 heavy (non-hydrogen) atoms. The fourth-order valence-corrected chi connectivity index (χ4v) is 3.28. The number of carbonyl (C=O) groups is 1. The van der Waals surface area contributed by atoms with Gasteiger partial charge in [-0.15, -0.1) is 0 Å². The van der Waals surface area contributed by atoms with Crippen molar-refractivity contribution in [2.45, 2.75) is 6.92 Å². The Balaban J connectivity index is 1.65. The Morgan fingerprint density at radius 2 is 1.96 bits per heavy atom. The molecule has 0 spiro atoms. The van der Waals surface area contributed by atoms with Crippen LogP contribution < -0.4 is 5.32 Å². The summed E-state index contributed by atoms with van der Waals surface area (Å²) in [6.45, 7) is 1.79. The van der Waals surface area contributed by atoms with E-state index in [-0.39, 0.29) is 11.4 Å². The molecule has 0 saturated heterocycles. The van der Waals surface area contributed by atoms with Gasteiger partial charge in [-0.1, -0.05) is 12.1 Å². The van der Waals surface area contributed by atoms with E-state index < -0.39 is 10.8 Å². The smallest absolute Gasteiger partial charge is 0.292 e. The Hall–Kier alpha value is -3.46. The molecule has 4 rings (SSSR count). The number of benzene rings is 2. The summed E-state index contributed by atoms with van der Waals surface area (Å²) >= 11 is 3.40. The van der Waals surface area contributed by atoms with Crippen LogP contribution in [0.5, 0.6) is 0 Å². The van der Waals surface area contributed by atoms with Gasteiger partial charge in [-0.2, -0.15) is 5.10 Å². The van der Waals surface area contributed by atoms with Crippen molar-refractivity contribution in [1.29, 1.82) is 0 Å². The molecule has 2 aromatic carbocycles. The van der Waals surface area contributed by atoms with E-state index in [2.05, 4.69) is 26.3 Å². The molecule has 0 aliphatic rings. The Bertz CT molecular complexity index is 1210. The molecule has 1 N–H and O–H groups in total. The third-order valence-corrected chi connectivity index (χ3v) is 4.72. The first-order chi connectivity index (χ1) is 13.4. The van der Waals surface area contributed by atoms with Gasteiger partial charge >= 0.3 is 0 Å². The van der Waals surface area contributed by atoms with Crippen LogP contribution in [0.3, 0.4) is 0 Å². The number of aromatic nitrogens is 2. The molecule has 0 saturated carbocycles. The monoisotopic (exact) mass is 440 g/mol. The number of para-hydroxylation sites is 1. The number of nitrogens with zero attached hydrogens (tertiary/aromatic N) is 3. The summed E-state index contributed by atoms with van der Waals surface area (Å²) in [5.41, 5.74) is 1.83. The van der Waals surface area contributed by atoms with Gasteiger partial charge in [-0.05, 0) is 47.1 Å². The van der Waals surface area contributed by atoms with Gasteiger partial charge in [0, 0.05) is 23.6 Å². The highest BCUT2D eigenvalue weighted by Crippen LogP contribution is 2.28. The topological polar surface area (TPSA) is 103 Å². The molecule has 2 heterocycles. The first-order valence-corrected chi connectivity index (χ1v) is 9.02. The Morgan fingerprint density at radius 3 is 2.64 bits per heavy atom. The second-order valence-corrected chi connectivity index (χ2v) is 6.93. The number of carbonyl (C=O) groups excluding carboxylic acids is 1. The minimum absolute atomic E-state index is 0.0222. The van der Waals surface area contributed by atoms with Crippen LogP contribution in [-0.2, 0) is 0 Å². The molecule has 4 aromatic rings. The molecule has 140 valence electrons. The number of nitrogens with one attached hydrogen (secondary N) is 1. The Kier molecular flexibility index (Phi) is 4.44. The van der Waals surface area contributed by atoms with Crippen LogP contribution in [0.25, 0.3) is 16.7 Å². The van der Waals surface area contributed by atoms with E-state index in [0.717, 1.165) is 9.86 Å². The highest BCUT2D eigenvalue weighted by atomic mass is 79.9. The van der Waals surface area contributed by atoms with E-state index in [1.54, 1.807) is 31.2 Å². The van der Waals surface area contributed by atoms with Crippen molar-refractivity contribution in [3.63, 3.8) is 0 Å². The van der Waals surface area contributed by atoms with Gasteiger partial charge in [0.15, 0.2) is 5.76 Å². The Morgan fingerprint density at radius 1 is 1.21 bits per heavy atom. The zero-order chi connectivity index (χ0) is 19.8. The van der Waals surface area contributed by atoms with Crippen molar-refractivity contribution >= 4 is 44.3 Å². The van der Waals surface area contributed by atoms with E-state index in [0.29, 0.717) is 22.8 Å². The second-order valence-electron chi connectivity index (χ2n) is 6.08. The number of non-ortho nitro benzene ring substituents is 1. The number of amides is 1. The fourth-order valence-electron chi connectivity index (χ4n) is 2.82. The summed E-state index contributed by atoms with van der Waals surface area (Å²) in [6.07, 6.45) is 0. The van der Waals surface area contributed by atoms with Gasteiger partial charge in [0.25, 0.3) is 11.6 Å². The van der Waals surface area contributed by atoms with Crippen LogP contribution in [0.2, 0.25) is 0 Å². The van der Waals surface area contributed by atoms with Gasteiger partial charge in [0.1, 0.15) is 11.4 Å². The average molecular weight is 441 g/mol. The van der Waals surface area contributed by atoms with E-state index in [9.17, 15) is 14.9 Å². The quantitative estimate of drug-likeness (QED) is 0.360. The summed E-state index contributed by atoms with van der Waals surface area (Å²) < 4.78 is 7.93. The van der Waals surface area contributed by atoms with Crippen LogP contribution in [0.1, 0.15) is 16.2 Å². The van der Waals surface area contributed by atoms with E-state index in [1.165, 1.54) is 16.8 Å². The predicted octanol–water partition coefficient (Wildman–Crippen LogP) is 4.85. The van der Waals surface area contributed by atoms with Gasteiger partial charge in [-0.3, -0.25) is 14.9 Å². The summed E-state index contributed by atoms with van der Waals surface area (Å²) in [5, 5.41) is 18.8. The van der Waals surface area contributed by atoms with Crippen LogP contribution in [-0.4, -0.2) is 20.6 Å². The van der Waals surface area contributed by atoms with Crippen molar-refractivity contribution in [3.8, 4) is 5.69 Å². The van der Waals surface area contributed by atoms with E-state index in [4.69, 9.17) is 4.42 Å². The number of furan rings is 1. The van der Waals surface area contributed by atoms with Crippen LogP contribution in [0.4, 0.5) is 11.5 Å². The van der Waals surface area contributed by atoms with Crippen molar-refractivity contribution in [3.05, 3.63) is 80.6 Å². The van der Waals surface area contributed by atoms with Gasteiger partial charge in [0.05, 0.1) is 20.8 Å². The zero-order valence-corrected chi connectivity index (χ0v) is 16.1. The third-order valence-electron chi connectivity index (χ3n) is 4.10. The molecule has 0 bridgehead atoms. The summed E-state index contributed by atoms with van der Waals surface area (Å²) in [6, 6.07) is 14.8. The maximum atomic E-state index is 12.7. The normalized spacial score (nSPS) is 10.9. The summed E-state index contributed by atoms with van der Waals surface area (Å²) in [5.74, 6) is 0.165. The van der Waals surface area contributed by atoms with Crippen molar-refractivity contribution in [2.75, 3.05) is 5.32 Å². The lowest BCUT2D eigenvalue weighted by Crippen LogP contribution is -2.14. The molecular formula is C19H13BrN4O4. The lowest BCUT2D eigenvalue weighted by Gasteiger charge is -2.07. The van der Waals surface area contributed by atoms with Crippen LogP contribution in [0.15, 0.2) is 63.5 Å². The first kappa shape index (κ1) is 17.9. The molecule has 0 radical (unpaired) electrons. The standard InChI is InChI=1S/C19H13BrN4O4/c1-11-9-17(23(22-11)13-5-7-14(8-6-13)24(26)27)21-19(25)16-10-12-3-2-4-15(20)18(12)28-16/h2-10H,1H3,(H,21,25). The molecule has 0 aliphatic heterocycles. The van der Waals surface area contributed by atoms with Gasteiger partial charge in [0.2, 0.25) is 0 Å². The molecular weight excluding hydrogens is 428 g/mol. The number of rotatable bonds is 4. The minimum Gasteiger partial charge on any atom is -0.450 e. The summed E-state index contributed by atoms with van der Waals surface area (Å²) in [4.78, 5) is 23.0. The zero-order valence-electron chi connectivity index (χ0n) is 14.5. The molecule has 8 nitrogen and oxygen atoms in total. The molecule has 1 amide bonds. The third kappa shape index (κ3) is 3.27. The number of halogens is 1. The molecule has 0 fully saturated rings. The number of hydrogen-bond donors (Lipinski definition) is 1. The van der Waals surface area contributed by atoms with E-state index >= 15 is 0 Å². The van der Waals surface area contributed by atoms with Gasteiger partial charge < -0.3 is 9.73 Å². The number of fused-ring (bicyclic) bond motifs is 1. The summed E-state index contributed by atoms with van der Waals surface area (Å²) in [7, 11) is 0. The SMILES string of the molecule is Cc1cc(NC(=O)c2cc3cccc(Br)c3o2)n(-c2ccc([N+](=O)[O-])cc2)n1. The Labute approximate surface area is 167 Å². The lowest BCUT2D eigenvalue weighted by atomic mass is 10.2. The highest BCUT2D eigenvalue weighted by Gasteiger charge is 2.17. The number of nitro benzene ring substituents is 1. The maximum absolute atomic E-state index is 12.7.